The van der Waals surface area contributed by atoms with E-state index >= 15 is 0 Å². The Labute approximate surface area is 108 Å². The molecule has 0 aliphatic heterocycles. The number of thiophene rings is 1. The third kappa shape index (κ3) is 2.14. The molecule has 1 nitrogen and oxygen atoms in total. The maximum Gasteiger partial charge on any atom is 0.205 e. The molecule has 0 bridgehead atoms. The van der Waals surface area contributed by atoms with Crippen LogP contribution in [0.3, 0.4) is 0 Å². The van der Waals surface area contributed by atoms with Crippen LogP contribution in [0.2, 0.25) is 10.0 Å². The lowest BCUT2D eigenvalue weighted by Gasteiger charge is -2.03. The molecule has 1 heterocycles. The van der Waals surface area contributed by atoms with Crippen molar-refractivity contribution in [3.8, 4) is 0 Å². The molecule has 0 amide bonds. The van der Waals surface area contributed by atoms with E-state index in [1.165, 1.54) is 11.3 Å². The van der Waals surface area contributed by atoms with Crippen molar-refractivity contribution in [1.82, 2.24) is 0 Å². The first kappa shape index (κ1) is 11.6. The van der Waals surface area contributed by atoms with E-state index in [0.717, 1.165) is 5.56 Å². The highest BCUT2D eigenvalue weighted by molar-refractivity contribution is 7.13. The SMILES string of the molecule is Cc1ccc(C(=O)c2sccc2Cl)c(Cl)c1. The first-order valence-electron chi connectivity index (χ1n) is 4.63. The Bertz CT molecular complexity index is 546. The Morgan fingerprint density at radius 1 is 1.19 bits per heavy atom. The van der Waals surface area contributed by atoms with Crippen LogP contribution in [0.4, 0.5) is 0 Å². The standard InChI is InChI=1S/C12H8Cl2OS/c1-7-2-3-8(10(14)6-7)11(15)12-9(13)4-5-16-12/h2-6H,1H3. The minimum absolute atomic E-state index is 0.120. The molecule has 0 saturated carbocycles. The number of carbonyl (C=O) groups excluding carboxylic acids is 1. The van der Waals surface area contributed by atoms with Gasteiger partial charge in [0, 0.05) is 5.56 Å². The predicted molar refractivity (Wildman–Crippen MR) is 69.0 cm³/mol. The maximum absolute atomic E-state index is 12.1. The van der Waals surface area contributed by atoms with Gasteiger partial charge in [-0.25, -0.2) is 0 Å². The summed E-state index contributed by atoms with van der Waals surface area (Å²) in [6, 6.07) is 7.08. The van der Waals surface area contributed by atoms with Crippen molar-refractivity contribution in [2.45, 2.75) is 6.92 Å². The Morgan fingerprint density at radius 3 is 2.50 bits per heavy atom. The van der Waals surface area contributed by atoms with Crippen LogP contribution in [0.5, 0.6) is 0 Å². The van der Waals surface area contributed by atoms with E-state index in [1.54, 1.807) is 23.6 Å². The molecule has 82 valence electrons. The minimum Gasteiger partial charge on any atom is -0.288 e. The van der Waals surface area contributed by atoms with Crippen molar-refractivity contribution in [3.63, 3.8) is 0 Å². The Kier molecular flexibility index (Phi) is 3.33. The number of benzene rings is 1. The van der Waals surface area contributed by atoms with Gasteiger partial charge in [0.25, 0.3) is 0 Å². The van der Waals surface area contributed by atoms with Crippen LogP contribution in [0.25, 0.3) is 0 Å². The third-order valence-electron chi connectivity index (χ3n) is 2.19. The van der Waals surface area contributed by atoms with Gasteiger partial charge in [-0.1, -0.05) is 29.3 Å². The summed E-state index contributed by atoms with van der Waals surface area (Å²) in [5, 5.41) is 2.73. The molecule has 2 aromatic rings. The molecule has 0 radical (unpaired) electrons. The molecular weight excluding hydrogens is 263 g/mol. The molecule has 16 heavy (non-hydrogen) atoms. The number of ketones is 1. The Morgan fingerprint density at radius 2 is 1.94 bits per heavy atom. The van der Waals surface area contributed by atoms with E-state index < -0.39 is 0 Å². The smallest absolute Gasteiger partial charge is 0.205 e. The largest absolute Gasteiger partial charge is 0.288 e. The summed E-state index contributed by atoms with van der Waals surface area (Å²) >= 11 is 13.3. The van der Waals surface area contributed by atoms with Crippen LogP contribution in [0.15, 0.2) is 29.6 Å². The van der Waals surface area contributed by atoms with Gasteiger partial charge in [0.05, 0.1) is 14.9 Å². The molecule has 4 heteroatoms. The second-order valence-electron chi connectivity index (χ2n) is 3.41. The van der Waals surface area contributed by atoms with Crippen LogP contribution >= 0.6 is 34.5 Å². The van der Waals surface area contributed by atoms with Crippen molar-refractivity contribution in [2.75, 3.05) is 0 Å². The zero-order chi connectivity index (χ0) is 11.7. The fraction of sp³-hybridized carbons (Fsp3) is 0.0833. The highest BCUT2D eigenvalue weighted by Crippen LogP contribution is 2.28. The van der Waals surface area contributed by atoms with Crippen LogP contribution in [0.1, 0.15) is 20.8 Å². The highest BCUT2D eigenvalue weighted by Gasteiger charge is 2.16. The predicted octanol–water partition coefficient (Wildman–Crippen LogP) is 4.59. The number of carbonyl (C=O) groups is 1. The molecular formula is C12H8Cl2OS. The topological polar surface area (TPSA) is 17.1 Å². The molecule has 0 spiro atoms. The molecule has 0 aliphatic carbocycles. The summed E-state index contributed by atoms with van der Waals surface area (Å²) in [7, 11) is 0. The van der Waals surface area contributed by atoms with Gasteiger partial charge in [-0.15, -0.1) is 11.3 Å². The summed E-state index contributed by atoms with van der Waals surface area (Å²) in [4.78, 5) is 12.6. The zero-order valence-corrected chi connectivity index (χ0v) is 10.8. The second kappa shape index (κ2) is 4.58. The lowest BCUT2D eigenvalue weighted by atomic mass is 10.1. The summed E-state index contributed by atoms with van der Waals surface area (Å²) in [6.45, 7) is 1.93. The molecule has 0 atom stereocenters. The maximum atomic E-state index is 12.1. The van der Waals surface area contributed by atoms with Gasteiger partial charge in [0.2, 0.25) is 5.78 Å². The van der Waals surface area contributed by atoms with Gasteiger partial charge in [-0.2, -0.15) is 0 Å². The van der Waals surface area contributed by atoms with Crippen LogP contribution in [-0.2, 0) is 0 Å². The molecule has 0 saturated heterocycles. The normalized spacial score (nSPS) is 10.4. The van der Waals surface area contributed by atoms with E-state index in [1.807, 2.05) is 13.0 Å². The van der Waals surface area contributed by atoms with E-state index in [2.05, 4.69) is 0 Å². The van der Waals surface area contributed by atoms with Gasteiger partial charge in [-0.05, 0) is 36.1 Å². The quantitative estimate of drug-likeness (QED) is 0.730. The number of hydrogen-bond donors (Lipinski definition) is 0. The summed E-state index contributed by atoms with van der Waals surface area (Å²) < 4.78 is 0. The van der Waals surface area contributed by atoms with Crippen molar-refractivity contribution < 1.29 is 4.79 Å². The van der Waals surface area contributed by atoms with Gasteiger partial charge in [0.15, 0.2) is 0 Å². The van der Waals surface area contributed by atoms with Gasteiger partial charge in [-0.3, -0.25) is 4.79 Å². The lowest BCUT2D eigenvalue weighted by molar-refractivity contribution is 0.104. The van der Waals surface area contributed by atoms with E-state index in [9.17, 15) is 4.79 Å². The lowest BCUT2D eigenvalue weighted by Crippen LogP contribution is -2.00. The van der Waals surface area contributed by atoms with Gasteiger partial charge in [0.1, 0.15) is 0 Å². The Hall–Kier alpha value is -0.830. The summed E-state index contributed by atoms with van der Waals surface area (Å²) in [6.07, 6.45) is 0. The van der Waals surface area contributed by atoms with Crippen molar-refractivity contribution >= 4 is 40.3 Å². The molecule has 0 N–H and O–H groups in total. The zero-order valence-electron chi connectivity index (χ0n) is 8.46. The van der Waals surface area contributed by atoms with E-state index in [-0.39, 0.29) is 5.78 Å². The van der Waals surface area contributed by atoms with Crippen LogP contribution in [-0.4, -0.2) is 5.78 Å². The summed E-state index contributed by atoms with van der Waals surface area (Å²) in [5.41, 5.74) is 1.52. The number of halogens is 2. The van der Waals surface area contributed by atoms with Crippen molar-refractivity contribution in [1.29, 1.82) is 0 Å². The van der Waals surface area contributed by atoms with E-state index in [4.69, 9.17) is 23.2 Å². The summed E-state index contributed by atoms with van der Waals surface area (Å²) in [5.74, 6) is -0.120. The van der Waals surface area contributed by atoms with Crippen LogP contribution in [0, 0.1) is 6.92 Å². The fourth-order valence-corrected chi connectivity index (χ4v) is 2.80. The first-order chi connectivity index (χ1) is 7.59. The van der Waals surface area contributed by atoms with Crippen molar-refractivity contribution in [2.24, 2.45) is 0 Å². The molecule has 0 aliphatic rings. The molecule has 0 fully saturated rings. The highest BCUT2D eigenvalue weighted by atomic mass is 35.5. The number of rotatable bonds is 2. The molecule has 1 aromatic heterocycles. The molecule has 2 rings (SSSR count). The number of hydrogen-bond acceptors (Lipinski definition) is 2. The van der Waals surface area contributed by atoms with Crippen LogP contribution < -0.4 is 0 Å². The van der Waals surface area contributed by atoms with Crippen molar-refractivity contribution in [3.05, 3.63) is 55.7 Å². The first-order valence-corrected chi connectivity index (χ1v) is 6.27. The average molecular weight is 271 g/mol. The van der Waals surface area contributed by atoms with Gasteiger partial charge < -0.3 is 0 Å². The van der Waals surface area contributed by atoms with Gasteiger partial charge >= 0.3 is 0 Å². The average Bonchev–Trinajstić information content (AvgIpc) is 2.63. The Balaban J connectivity index is 2.46. The number of aryl methyl sites for hydroxylation is 1. The third-order valence-corrected chi connectivity index (χ3v) is 3.85. The minimum atomic E-state index is -0.120. The molecule has 1 aromatic carbocycles. The fourth-order valence-electron chi connectivity index (χ4n) is 1.38. The molecule has 0 unspecified atom stereocenters. The van der Waals surface area contributed by atoms with E-state index in [0.29, 0.717) is 20.5 Å². The second-order valence-corrected chi connectivity index (χ2v) is 5.14. The monoisotopic (exact) mass is 270 g/mol.